The third-order valence-electron chi connectivity index (χ3n) is 4.47. The van der Waals surface area contributed by atoms with E-state index in [1.807, 2.05) is 0 Å². The maximum absolute atomic E-state index is 3.39. The van der Waals surface area contributed by atoms with Crippen LogP contribution in [0, 0.1) is 24.0 Å². The molecule has 2 aliphatic carbocycles. The number of hydrogen-bond donors (Lipinski definition) is 0. The first kappa shape index (κ1) is 24.7. The Hall–Kier alpha value is 0.494. The average Bonchev–Trinajstić information content (AvgIpc) is 2.77. The van der Waals surface area contributed by atoms with Gasteiger partial charge >= 0.3 is 26.2 Å². The van der Waals surface area contributed by atoms with E-state index in [-0.39, 0.29) is 29.1 Å². The molecule has 2 rings (SSSR count). The van der Waals surface area contributed by atoms with Gasteiger partial charge in [-0.2, -0.15) is 11.1 Å². The van der Waals surface area contributed by atoms with Gasteiger partial charge in [-0.1, -0.05) is 66.5 Å². The van der Waals surface area contributed by atoms with Gasteiger partial charge in [0.05, 0.1) is 0 Å². The maximum Gasteiger partial charge on any atom is 2.00 e. The van der Waals surface area contributed by atoms with Crippen molar-refractivity contribution in [2.75, 3.05) is 0 Å². The van der Waals surface area contributed by atoms with Crippen molar-refractivity contribution < 1.29 is 29.1 Å². The second-order valence-electron chi connectivity index (χ2n) is 6.18. The summed E-state index contributed by atoms with van der Waals surface area (Å²) in [5.74, 6) is 1.19. The van der Waals surface area contributed by atoms with E-state index in [0.717, 1.165) is 9.52 Å². The topological polar surface area (TPSA) is 0 Å². The molecule has 2 aliphatic rings. The Kier molecular flexibility index (Phi) is 13.4. The molecular weight excluding hydrogens is 392 g/mol. The van der Waals surface area contributed by atoms with Crippen LogP contribution in [-0.2, 0) is 26.2 Å². The SMILES string of the molecule is CC1=[C-]C(C)C(C)=C1[SiH3].CC1=[C-]C(C)C(C)=C1[SiH3].C[SiH]C.[H-].[H-].[Zr+2]. The molecule has 0 saturated heterocycles. The Balaban J connectivity index is -0.000000130. The van der Waals surface area contributed by atoms with Gasteiger partial charge in [-0.3, -0.25) is 12.2 Å². The van der Waals surface area contributed by atoms with Crippen molar-refractivity contribution in [3.05, 3.63) is 44.8 Å². The van der Waals surface area contributed by atoms with Crippen molar-refractivity contribution in [3.8, 4) is 0 Å². The minimum atomic E-state index is 0. The van der Waals surface area contributed by atoms with Crippen LogP contribution in [0.2, 0.25) is 13.1 Å². The van der Waals surface area contributed by atoms with E-state index in [1.165, 1.54) is 31.6 Å². The molecule has 0 aliphatic heterocycles. The molecule has 2 atom stereocenters. The third kappa shape index (κ3) is 7.38. The van der Waals surface area contributed by atoms with Crippen LogP contribution in [0.3, 0.4) is 0 Å². The fourth-order valence-corrected chi connectivity index (χ4v) is 3.48. The van der Waals surface area contributed by atoms with Gasteiger partial charge in [0.2, 0.25) is 0 Å². The summed E-state index contributed by atoms with van der Waals surface area (Å²) < 4.78 is 0. The van der Waals surface area contributed by atoms with Gasteiger partial charge < -0.3 is 2.85 Å². The predicted molar refractivity (Wildman–Crippen MR) is 110 cm³/mol. The summed E-state index contributed by atoms with van der Waals surface area (Å²) in [6, 6.07) is 0. The summed E-state index contributed by atoms with van der Waals surface area (Å²) in [6.07, 6.45) is 6.79. The molecule has 22 heavy (non-hydrogen) atoms. The summed E-state index contributed by atoms with van der Waals surface area (Å²) in [5, 5.41) is 3.14. The molecule has 0 aromatic rings. The number of rotatable bonds is 0. The third-order valence-corrected chi connectivity index (χ3v) is 7.55. The second kappa shape index (κ2) is 11.9. The first-order valence-corrected chi connectivity index (χ1v) is 12.3. The Morgan fingerprint density at radius 2 is 1.05 bits per heavy atom. The van der Waals surface area contributed by atoms with E-state index in [1.54, 1.807) is 21.5 Å². The normalized spacial score (nSPS) is 23.3. The van der Waals surface area contributed by atoms with Gasteiger partial charge in [-0.25, -0.2) is 21.5 Å². The first-order chi connectivity index (χ1) is 9.67. The van der Waals surface area contributed by atoms with Crippen LogP contribution < -0.4 is 0 Å². The zero-order chi connectivity index (χ0) is 16.7. The van der Waals surface area contributed by atoms with E-state index in [0.29, 0.717) is 11.8 Å². The first-order valence-electron chi connectivity index (χ1n) is 7.96. The van der Waals surface area contributed by atoms with Gasteiger partial charge in [0.15, 0.2) is 0 Å². The molecule has 1 radical (unpaired) electrons. The van der Waals surface area contributed by atoms with E-state index in [4.69, 9.17) is 0 Å². The maximum atomic E-state index is 3.39. The number of allylic oxidation sites excluding steroid dienone is 8. The summed E-state index contributed by atoms with van der Waals surface area (Å²) in [6.45, 7) is 17.6. The molecule has 0 heterocycles. The van der Waals surface area contributed by atoms with Crippen molar-refractivity contribution >= 4 is 30.0 Å². The minimum absolute atomic E-state index is 0. The van der Waals surface area contributed by atoms with Crippen LogP contribution in [0.1, 0.15) is 44.4 Å². The molecule has 0 nitrogen and oxygen atoms in total. The molecule has 0 aromatic heterocycles. The second-order valence-corrected chi connectivity index (χ2v) is 9.33. The molecule has 2 unspecified atom stereocenters. The Labute approximate surface area is 169 Å². The molecule has 0 amide bonds. The summed E-state index contributed by atoms with van der Waals surface area (Å²) >= 11 is 0. The van der Waals surface area contributed by atoms with Gasteiger partial charge in [0.25, 0.3) is 0 Å². The van der Waals surface area contributed by atoms with Crippen LogP contribution >= 0.6 is 0 Å². The van der Waals surface area contributed by atoms with Crippen LogP contribution in [0.25, 0.3) is 0 Å². The molecule has 4 heteroatoms. The van der Waals surface area contributed by atoms with E-state index >= 15 is 0 Å². The zero-order valence-electron chi connectivity index (χ0n) is 18.2. The monoisotopic (exact) mass is 425 g/mol. The van der Waals surface area contributed by atoms with Gasteiger partial charge in [-0.15, -0.1) is 0 Å². The Morgan fingerprint density at radius 3 is 1.09 bits per heavy atom. The van der Waals surface area contributed by atoms with Crippen LogP contribution in [-0.4, -0.2) is 30.0 Å². The van der Waals surface area contributed by atoms with Gasteiger partial charge in [0.1, 0.15) is 0 Å². The van der Waals surface area contributed by atoms with E-state index in [2.05, 4.69) is 66.8 Å². The predicted octanol–water partition coefficient (Wildman–Crippen LogP) is 2.79. The molecule has 0 bridgehead atoms. The Bertz CT molecular complexity index is 450. The van der Waals surface area contributed by atoms with Crippen molar-refractivity contribution in [2.45, 2.75) is 54.6 Å². The fourth-order valence-electron chi connectivity index (χ4n) is 2.32. The molecule has 125 valence electrons. The molecule has 0 aromatic carbocycles. The van der Waals surface area contributed by atoms with Gasteiger partial charge in [-0.05, 0) is 20.5 Å². The van der Waals surface area contributed by atoms with Crippen LogP contribution in [0.15, 0.2) is 32.7 Å². The van der Waals surface area contributed by atoms with Crippen LogP contribution in [0.5, 0.6) is 0 Å². The molecular formula is C18H35Si3Zr-2. The average molecular weight is 427 g/mol. The Morgan fingerprint density at radius 1 is 0.818 bits per heavy atom. The summed E-state index contributed by atoms with van der Waals surface area (Å²) in [5.41, 5.74) is 5.87. The fraction of sp³-hybridized carbons (Fsp3) is 0.556. The van der Waals surface area contributed by atoms with E-state index < -0.39 is 0 Å². The van der Waals surface area contributed by atoms with Crippen molar-refractivity contribution in [1.29, 1.82) is 0 Å². The smallest absolute Gasteiger partial charge is 1.00 e. The van der Waals surface area contributed by atoms with Gasteiger partial charge in [0, 0.05) is 9.52 Å². The standard InChI is InChI=1S/2C8H13Si.C2H7Si.Zr.2H/c2*1-5-4-6(2)8(9)7(5)3;1-3-2;;;/h2*5H,1-3,9H3;3H,1-2H3;;;/q2*-1;;+2;2*-1. The summed E-state index contributed by atoms with van der Waals surface area (Å²) in [7, 11) is 3.13. The summed E-state index contributed by atoms with van der Waals surface area (Å²) in [4.78, 5) is 0. The number of hydrogen-bond acceptors (Lipinski definition) is 0. The molecule has 0 saturated carbocycles. The van der Waals surface area contributed by atoms with Crippen LogP contribution in [0.4, 0.5) is 0 Å². The molecule has 0 spiro atoms. The zero-order valence-corrected chi connectivity index (χ0v) is 23.8. The largest absolute Gasteiger partial charge is 2.00 e. The minimum Gasteiger partial charge on any atom is -1.00 e. The molecule has 0 N–H and O–H groups in total. The quantitative estimate of drug-likeness (QED) is 0.413. The van der Waals surface area contributed by atoms with Crippen molar-refractivity contribution in [2.24, 2.45) is 11.8 Å². The molecule has 0 fully saturated rings. The van der Waals surface area contributed by atoms with E-state index in [9.17, 15) is 0 Å². The van der Waals surface area contributed by atoms with Crippen molar-refractivity contribution in [3.63, 3.8) is 0 Å². The van der Waals surface area contributed by atoms with Crippen molar-refractivity contribution in [1.82, 2.24) is 0 Å².